The number of nitrogens with two attached hydrogens (primary N) is 7. The molecule has 0 fully saturated rings. The molecule has 0 aromatic heterocycles. The van der Waals surface area contributed by atoms with Gasteiger partial charge in [-0.05, 0) is 7.05 Å². The molecule has 18 nitrogen and oxygen atoms in total. The van der Waals surface area contributed by atoms with Crippen LogP contribution in [0.5, 0.6) is 0 Å². The van der Waals surface area contributed by atoms with Crippen LogP contribution >= 0.6 is 0 Å². The molecule has 0 unspecified atom stereocenters. The van der Waals surface area contributed by atoms with Crippen LogP contribution in [0.3, 0.4) is 0 Å². The number of hydrogen-bond acceptors (Lipinski definition) is 13. The van der Waals surface area contributed by atoms with Crippen LogP contribution in [0, 0.1) is 0 Å². The molecular formula is C10H52N10O8. The van der Waals surface area contributed by atoms with Gasteiger partial charge in [0.2, 0.25) is 0 Å². The molecule has 0 aromatic carbocycles. The molecular weight excluding hydrogens is 388 g/mol. The average molecular weight is 442 g/mol. The van der Waals surface area contributed by atoms with Gasteiger partial charge in [0.25, 0.3) is 0 Å². The van der Waals surface area contributed by atoms with Crippen molar-refractivity contribution in [3.63, 3.8) is 0 Å². The SMILES string of the molecule is C.C.C.C.C.CN.N.N.N.NC(N)=O.NOC(N)=O.NOC(N)=O.O.O=C=O.[2HH].[HH]. The van der Waals surface area contributed by atoms with Crippen LogP contribution in [-0.4, -0.2) is 36.9 Å². The molecule has 0 spiro atoms. The zero-order valence-corrected chi connectivity index (χ0v) is 12.5. The lowest BCUT2D eigenvalue weighted by Gasteiger charge is -1.79. The Morgan fingerprint density at radius 3 is 0.750 bits per heavy atom. The highest BCUT2D eigenvalue weighted by atomic mass is 16.7. The largest absolute Gasteiger partial charge is 0.423 e. The first-order chi connectivity index (χ1) is 8.69. The summed E-state index contributed by atoms with van der Waals surface area (Å²) in [6.07, 6.45) is -1.69. The van der Waals surface area contributed by atoms with Gasteiger partial charge in [-0.2, -0.15) is 21.4 Å². The summed E-state index contributed by atoms with van der Waals surface area (Å²) in [7, 11) is 1.50. The Morgan fingerprint density at radius 1 is 0.714 bits per heavy atom. The maximum Gasteiger partial charge on any atom is 0.423 e. The molecule has 0 atom stereocenters. The van der Waals surface area contributed by atoms with Crippen molar-refractivity contribution in [1.29, 1.82) is 0 Å². The van der Waals surface area contributed by atoms with E-state index in [-0.39, 0.29) is 70.1 Å². The van der Waals surface area contributed by atoms with Gasteiger partial charge in [-0.15, -0.1) is 0 Å². The van der Waals surface area contributed by atoms with E-state index in [1.54, 1.807) is 0 Å². The normalized spacial score (nSPS) is 3.71. The van der Waals surface area contributed by atoms with Crippen molar-refractivity contribution in [2.75, 3.05) is 7.05 Å². The molecule has 0 heterocycles. The quantitative estimate of drug-likeness (QED) is 0.207. The number of carbonyl (C=O) groups excluding carboxylic acids is 5. The first-order valence-corrected chi connectivity index (χ1v) is 3.63. The summed E-state index contributed by atoms with van der Waals surface area (Å²) in [4.78, 5) is 50.5. The third-order valence-electron chi connectivity index (χ3n) is 0.232. The monoisotopic (exact) mass is 441 g/mol. The van der Waals surface area contributed by atoms with Crippen LogP contribution in [0.4, 0.5) is 14.4 Å². The summed E-state index contributed by atoms with van der Waals surface area (Å²) in [5.74, 6) is 8.39. The summed E-state index contributed by atoms with van der Waals surface area (Å²) < 4.78 is 0. The van der Waals surface area contributed by atoms with Gasteiger partial charge in [-0.1, -0.05) is 37.1 Å². The van der Waals surface area contributed by atoms with Gasteiger partial charge in [-0.25, -0.2) is 14.4 Å². The van der Waals surface area contributed by atoms with Crippen molar-refractivity contribution in [2.24, 2.45) is 40.5 Å². The number of amides is 4. The Balaban J connectivity index is -0.00000000545. The minimum Gasteiger partial charge on any atom is -0.412 e. The lowest BCUT2D eigenvalue weighted by molar-refractivity contribution is -0.191. The van der Waals surface area contributed by atoms with E-state index in [0.717, 1.165) is 0 Å². The van der Waals surface area contributed by atoms with Gasteiger partial charge < -0.3 is 62.3 Å². The first-order valence-electron chi connectivity index (χ1n) is 3.63. The van der Waals surface area contributed by atoms with Crippen LogP contribution < -0.4 is 58.9 Å². The minimum absolute atomic E-state index is 0. The Hall–Kier alpha value is -3.09. The standard InChI is InChI=1S/2CH4N2O2.CH4N2O.CH5N.CO2.5CH4.3H3N.H2O.2H2/c2*2-1(4)5-3;2-1(3)4;1-2;2-1-3;;;;;;;;;;;/h2*3H2,(H2,2,4);(H4,2,3,4);2H2,1H3;;5*1H4;3*1H3;1H2;2*1H/i;;;;;;;;;;;;;;1+1;. The van der Waals surface area contributed by atoms with E-state index < -0.39 is 18.2 Å². The maximum absolute atomic E-state index is 9.24. The smallest absolute Gasteiger partial charge is 0.412 e. The van der Waals surface area contributed by atoms with Crippen LogP contribution in [0.2, 0.25) is 0 Å². The number of rotatable bonds is 0. The number of carbonyl (C=O) groups is 3. The molecule has 190 valence electrons. The summed E-state index contributed by atoms with van der Waals surface area (Å²) >= 11 is 0. The summed E-state index contributed by atoms with van der Waals surface area (Å²) in [6, 6.07) is -0.833. The molecule has 0 rings (SSSR count). The second kappa shape index (κ2) is 158. The number of primary amides is 4. The molecule has 0 aliphatic heterocycles. The third-order valence-corrected chi connectivity index (χ3v) is 0.232. The van der Waals surface area contributed by atoms with Gasteiger partial charge in [0, 0.05) is 2.85 Å². The Morgan fingerprint density at radius 2 is 0.750 bits per heavy atom. The topological polar surface area (TPSA) is 422 Å². The maximum atomic E-state index is 9.24. The first kappa shape index (κ1) is 120. The second-order valence-electron chi connectivity index (χ2n) is 1.36. The van der Waals surface area contributed by atoms with Crippen LogP contribution in [0.15, 0.2) is 0 Å². The zero-order valence-electron chi connectivity index (χ0n) is 12.5. The summed E-state index contributed by atoms with van der Waals surface area (Å²) in [5.41, 5.74) is 21.6. The van der Waals surface area contributed by atoms with Crippen LogP contribution in [0.1, 0.15) is 40.0 Å². The lowest BCUT2D eigenvalue weighted by Crippen LogP contribution is -2.18. The summed E-state index contributed by atoms with van der Waals surface area (Å²) in [5, 5.41) is 0. The van der Waals surface area contributed by atoms with Crippen molar-refractivity contribution in [2.45, 2.75) is 37.1 Å². The lowest BCUT2D eigenvalue weighted by atomic mass is 11.2. The van der Waals surface area contributed by atoms with Crippen molar-refractivity contribution >= 4 is 24.4 Å². The molecule has 0 bridgehead atoms. The molecule has 0 aliphatic rings. The van der Waals surface area contributed by atoms with E-state index >= 15 is 0 Å². The van der Waals surface area contributed by atoms with E-state index in [0.29, 0.717) is 0 Å². The van der Waals surface area contributed by atoms with E-state index in [2.05, 4.69) is 50.1 Å². The van der Waals surface area contributed by atoms with E-state index in [1.807, 2.05) is 0 Å². The highest BCUT2D eigenvalue weighted by Crippen LogP contribution is 1.49. The molecule has 0 saturated carbocycles. The molecule has 28 heavy (non-hydrogen) atoms. The Kier molecular flexibility index (Phi) is 675. The predicted octanol–water partition coefficient (Wildman–Crippen LogP) is -0.740. The third kappa shape index (κ3) is 13300. The van der Waals surface area contributed by atoms with Crippen LogP contribution in [0.25, 0.3) is 0 Å². The molecule has 18 heteroatoms. The fourth-order valence-electron chi connectivity index (χ4n) is 0. The van der Waals surface area contributed by atoms with Crippen molar-refractivity contribution < 1.29 is 42.0 Å². The highest BCUT2D eigenvalue weighted by molar-refractivity contribution is 5.69. The van der Waals surface area contributed by atoms with Crippen molar-refractivity contribution in [3.8, 4) is 0 Å². The van der Waals surface area contributed by atoms with Gasteiger partial charge in [0.1, 0.15) is 0 Å². The van der Waals surface area contributed by atoms with Gasteiger partial charge >= 0.3 is 24.4 Å². The number of hydrogen-bond donors (Lipinski definition) is 10. The Bertz CT molecular complexity index is 259. The van der Waals surface area contributed by atoms with Crippen LogP contribution in [-0.2, 0) is 19.3 Å². The van der Waals surface area contributed by atoms with Crippen molar-refractivity contribution in [3.05, 3.63) is 0 Å². The second-order valence-corrected chi connectivity index (χ2v) is 1.36. The van der Waals surface area contributed by atoms with Gasteiger partial charge in [-0.3, -0.25) is 0 Å². The fourth-order valence-corrected chi connectivity index (χ4v) is 0. The molecule has 0 aromatic rings. The average Bonchev–Trinajstić information content (AvgIpc) is 2.32. The molecule has 25 N–H and O–H groups in total. The summed E-state index contributed by atoms with van der Waals surface area (Å²) in [6.45, 7) is 0. The highest BCUT2D eigenvalue weighted by Gasteiger charge is 1.78. The molecule has 0 radical (unpaired) electrons. The van der Waals surface area contributed by atoms with Gasteiger partial charge in [0.05, 0.1) is 0 Å². The Labute approximate surface area is 170 Å². The van der Waals surface area contributed by atoms with Crippen molar-refractivity contribution in [1.82, 2.24) is 18.5 Å². The molecule has 0 saturated heterocycles. The minimum atomic E-state index is -0.968. The predicted molar refractivity (Wildman–Crippen MR) is 115 cm³/mol. The molecule has 0 aliphatic carbocycles. The molecule has 4 amide bonds. The number of urea groups is 1. The fraction of sp³-hybridized carbons (Fsp3) is 0.600. The van der Waals surface area contributed by atoms with E-state index in [9.17, 15) is 9.59 Å². The van der Waals surface area contributed by atoms with E-state index in [4.69, 9.17) is 14.4 Å². The van der Waals surface area contributed by atoms with Gasteiger partial charge in [0.15, 0.2) is 0 Å². The van der Waals surface area contributed by atoms with E-state index in [1.165, 1.54) is 7.05 Å². The zero-order chi connectivity index (χ0) is 16.9.